The second-order valence-electron chi connectivity index (χ2n) is 5.94. The standard InChI is InChI=1S/C19H24N2O.ClH/c1-22-18-12-6-5-10-16(18)14-21-13-7-11-17(20)19(21)15-8-3-2-4-9-15;/h2-6,8-10,12,17,19H,7,11,13-14,20H2,1H3;1H/t17-,19-;/m0./s1. The average Bonchev–Trinajstić information content (AvgIpc) is 2.56. The third-order valence-corrected chi connectivity index (χ3v) is 4.49. The topological polar surface area (TPSA) is 38.5 Å². The molecule has 0 aromatic heterocycles. The molecule has 2 aromatic rings. The molecule has 0 spiro atoms. The number of hydrogen-bond donors (Lipinski definition) is 1. The predicted molar refractivity (Wildman–Crippen MR) is 97.0 cm³/mol. The average molecular weight is 333 g/mol. The summed E-state index contributed by atoms with van der Waals surface area (Å²) in [5.74, 6) is 0.952. The lowest BCUT2D eigenvalue weighted by molar-refractivity contribution is 0.119. The van der Waals surface area contributed by atoms with Gasteiger partial charge in [0.1, 0.15) is 5.75 Å². The van der Waals surface area contributed by atoms with Gasteiger partial charge in [0, 0.05) is 18.2 Å². The summed E-state index contributed by atoms with van der Waals surface area (Å²) >= 11 is 0. The van der Waals surface area contributed by atoms with Crippen LogP contribution >= 0.6 is 12.4 Å². The number of nitrogens with two attached hydrogens (primary N) is 1. The summed E-state index contributed by atoms with van der Waals surface area (Å²) < 4.78 is 5.50. The largest absolute Gasteiger partial charge is 0.496 e. The predicted octanol–water partition coefficient (Wildman–Crippen LogP) is 3.78. The van der Waals surface area contributed by atoms with Gasteiger partial charge in [-0.15, -0.1) is 12.4 Å². The first-order chi connectivity index (χ1) is 10.8. The first-order valence-electron chi connectivity index (χ1n) is 7.96. The molecule has 0 unspecified atom stereocenters. The minimum Gasteiger partial charge on any atom is -0.496 e. The Morgan fingerprint density at radius 1 is 1.09 bits per heavy atom. The van der Waals surface area contributed by atoms with Crippen LogP contribution in [0, 0.1) is 0 Å². The van der Waals surface area contributed by atoms with Crippen LogP contribution in [0.3, 0.4) is 0 Å². The number of hydrogen-bond acceptors (Lipinski definition) is 3. The molecule has 3 rings (SSSR count). The zero-order valence-electron chi connectivity index (χ0n) is 13.5. The van der Waals surface area contributed by atoms with Gasteiger partial charge in [0.15, 0.2) is 0 Å². The van der Waals surface area contributed by atoms with Gasteiger partial charge in [0.05, 0.1) is 13.2 Å². The number of benzene rings is 2. The van der Waals surface area contributed by atoms with Gasteiger partial charge >= 0.3 is 0 Å². The van der Waals surface area contributed by atoms with Crippen LogP contribution in [-0.2, 0) is 6.54 Å². The van der Waals surface area contributed by atoms with Crippen LogP contribution < -0.4 is 10.5 Å². The van der Waals surface area contributed by atoms with Crippen molar-refractivity contribution in [2.75, 3.05) is 13.7 Å². The molecule has 4 heteroatoms. The Hall–Kier alpha value is -1.55. The third-order valence-electron chi connectivity index (χ3n) is 4.49. The molecule has 23 heavy (non-hydrogen) atoms. The number of methoxy groups -OCH3 is 1. The zero-order chi connectivity index (χ0) is 15.4. The van der Waals surface area contributed by atoms with Gasteiger partial charge in [0.25, 0.3) is 0 Å². The van der Waals surface area contributed by atoms with E-state index in [9.17, 15) is 0 Å². The third kappa shape index (κ3) is 4.05. The SMILES string of the molecule is COc1ccccc1CN1CCC[C@H](N)[C@@H]1c1ccccc1.Cl. The number of ether oxygens (including phenoxy) is 1. The van der Waals surface area contributed by atoms with Crippen LogP contribution in [0.25, 0.3) is 0 Å². The second-order valence-corrected chi connectivity index (χ2v) is 5.94. The lowest BCUT2D eigenvalue weighted by atomic mass is 9.90. The molecule has 1 fully saturated rings. The summed E-state index contributed by atoms with van der Waals surface area (Å²) in [5.41, 5.74) is 8.98. The van der Waals surface area contributed by atoms with E-state index in [2.05, 4.69) is 47.4 Å². The molecule has 1 aliphatic heterocycles. The Bertz CT molecular complexity index is 605. The van der Waals surface area contributed by atoms with Crippen molar-refractivity contribution in [1.29, 1.82) is 0 Å². The van der Waals surface area contributed by atoms with Gasteiger partial charge in [0.2, 0.25) is 0 Å². The number of piperidine rings is 1. The zero-order valence-corrected chi connectivity index (χ0v) is 14.3. The van der Waals surface area contributed by atoms with Gasteiger partial charge in [-0.25, -0.2) is 0 Å². The Balaban J connectivity index is 0.00000192. The summed E-state index contributed by atoms with van der Waals surface area (Å²) in [6, 6.07) is 19.3. The van der Waals surface area contributed by atoms with Gasteiger partial charge in [-0.2, -0.15) is 0 Å². The van der Waals surface area contributed by atoms with Gasteiger partial charge < -0.3 is 10.5 Å². The Morgan fingerprint density at radius 3 is 2.52 bits per heavy atom. The Labute approximate surface area is 144 Å². The molecule has 2 N–H and O–H groups in total. The smallest absolute Gasteiger partial charge is 0.123 e. The van der Waals surface area contributed by atoms with Crippen molar-refractivity contribution in [3.8, 4) is 5.75 Å². The summed E-state index contributed by atoms with van der Waals surface area (Å²) in [6.07, 6.45) is 2.24. The Morgan fingerprint density at radius 2 is 1.78 bits per heavy atom. The number of rotatable bonds is 4. The highest BCUT2D eigenvalue weighted by atomic mass is 35.5. The maximum absolute atomic E-state index is 6.45. The van der Waals surface area contributed by atoms with E-state index < -0.39 is 0 Å². The van der Waals surface area contributed by atoms with Crippen molar-refractivity contribution in [1.82, 2.24) is 4.90 Å². The molecule has 0 radical (unpaired) electrons. The highest BCUT2D eigenvalue weighted by Gasteiger charge is 2.30. The maximum Gasteiger partial charge on any atom is 0.123 e. The summed E-state index contributed by atoms with van der Waals surface area (Å²) in [5, 5.41) is 0. The molecule has 0 saturated carbocycles. The minimum atomic E-state index is 0. The van der Waals surface area contributed by atoms with E-state index >= 15 is 0 Å². The van der Waals surface area contributed by atoms with Crippen LogP contribution in [0.2, 0.25) is 0 Å². The highest BCUT2D eigenvalue weighted by Crippen LogP contribution is 2.32. The Kier molecular flexibility index (Phi) is 6.46. The van der Waals surface area contributed by atoms with E-state index in [1.165, 1.54) is 11.1 Å². The molecule has 2 atom stereocenters. The lowest BCUT2D eigenvalue weighted by Gasteiger charge is -2.40. The first-order valence-corrected chi connectivity index (χ1v) is 7.96. The monoisotopic (exact) mass is 332 g/mol. The lowest BCUT2D eigenvalue weighted by Crippen LogP contribution is -2.45. The van der Waals surface area contributed by atoms with Crippen LogP contribution in [-0.4, -0.2) is 24.6 Å². The molecular formula is C19H25ClN2O. The molecule has 0 aliphatic carbocycles. The molecule has 3 nitrogen and oxygen atoms in total. The van der Waals surface area contributed by atoms with Crippen LogP contribution in [0.5, 0.6) is 5.75 Å². The number of halogens is 1. The van der Waals surface area contributed by atoms with E-state index in [0.29, 0.717) is 0 Å². The number of nitrogens with zero attached hydrogens (tertiary/aromatic N) is 1. The molecule has 0 bridgehead atoms. The van der Waals surface area contributed by atoms with E-state index in [-0.39, 0.29) is 24.5 Å². The molecule has 0 amide bonds. The van der Waals surface area contributed by atoms with Crippen molar-refractivity contribution in [2.24, 2.45) is 5.73 Å². The van der Waals surface area contributed by atoms with Crippen molar-refractivity contribution in [2.45, 2.75) is 31.5 Å². The number of likely N-dealkylation sites (tertiary alicyclic amines) is 1. The fourth-order valence-electron chi connectivity index (χ4n) is 3.44. The van der Waals surface area contributed by atoms with E-state index in [1.807, 2.05) is 12.1 Å². The minimum absolute atomic E-state index is 0. The molecule has 1 saturated heterocycles. The van der Waals surface area contributed by atoms with Crippen LogP contribution in [0.1, 0.15) is 30.0 Å². The molecular weight excluding hydrogens is 308 g/mol. The van der Waals surface area contributed by atoms with Gasteiger partial charge in [-0.05, 0) is 31.0 Å². The van der Waals surface area contributed by atoms with Crippen molar-refractivity contribution < 1.29 is 4.74 Å². The van der Waals surface area contributed by atoms with E-state index in [4.69, 9.17) is 10.5 Å². The summed E-state index contributed by atoms with van der Waals surface area (Å²) in [6.45, 7) is 1.95. The van der Waals surface area contributed by atoms with Gasteiger partial charge in [-0.1, -0.05) is 48.5 Å². The fraction of sp³-hybridized carbons (Fsp3) is 0.368. The molecule has 2 aromatic carbocycles. The van der Waals surface area contributed by atoms with Crippen molar-refractivity contribution in [3.05, 3.63) is 65.7 Å². The maximum atomic E-state index is 6.45. The van der Waals surface area contributed by atoms with Gasteiger partial charge in [-0.3, -0.25) is 4.90 Å². The number of para-hydroxylation sites is 1. The van der Waals surface area contributed by atoms with Crippen molar-refractivity contribution in [3.63, 3.8) is 0 Å². The first kappa shape index (κ1) is 17.8. The van der Waals surface area contributed by atoms with Crippen molar-refractivity contribution >= 4 is 12.4 Å². The van der Waals surface area contributed by atoms with Crippen LogP contribution in [0.4, 0.5) is 0 Å². The van der Waals surface area contributed by atoms with E-state index in [0.717, 1.165) is 31.7 Å². The second kappa shape index (κ2) is 8.34. The molecule has 1 heterocycles. The quantitative estimate of drug-likeness (QED) is 0.926. The highest BCUT2D eigenvalue weighted by molar-refractivity contribution is 5.85. The normalized spacial score (nSPS) is 21.5. The molecule has 124 valence electrons. The summed E-state index contributed by atoms with van der Waals surface area (Å²) in [4.78, 5) is 2.49. The van der Waals surface area contributed by atoms with E-state index in [1.54, 1.807) is 7.11 Å². The fourth-order valence-corrected chi connectivity index (χ4v) is 3.44. The molecule has 1 aliphatic rings. The van der Waals surface area contributed by atoms with Crippen LogP contribution in [0.15, 0.2) is 54.6 Å². The summed E-state index contributed by atoms with van der Waals surface area (Å²) in [7, 11) is 1.73.